The number of hydrogen-bond acceptors (Lipinski definition) is 2. The average Bonchev–Trinajstić information content (AvgIpc) is 2.79. The Morgan fingerprint density at radius 2 is 2.00 bits per heavy atom. The molecule has 0 radical (unpaired) electrons. The number of hydrogen-bond donors (Lipinski definition) is 2. The minimum Gasteiger partial charge on any atom is -0.464 e. The predicted molar refractivity (Wildman–Crippen MR) is 80.2 cm³/mol. The third-order valence-corrected chi connectivity index (χ3v) is 3.22. The van der Waals surface area contributed by atoms with E-state index in [-0.39, 0.29) is 12.1 Å². The van der Waals surface area contributed by atoms with Gasteiger partial charge in [-0.2, -0.15) is 0 Å². The molecule has 4 nitrogen and oxygen atoms in total. The Morgan fingerprint density at radius 3 is 2.60 bits per heavy atom. The van der Waals surface area contributed by atoms with Crippen LogP contribution < -0.4 is 10.6 Å². The lowest BCUT2D eigenvalue weighted by Crippen LogP contribution is -2.31. The van der Waals surface area contributed by atoms with Gasteiger partial charge in [-0.1, -0.05) is 17.7 Å². The first-order valence-corrected chi connectivity index (χ1v) is 6.73. The molecule has 106 valence electrons. The van der Waals surface area contributed by atoms with Gasteiger partial charge in [0.25, 0.3) is 0 Å². The summed E-state index contributed by atoms with van der Waals surface area (Å²) in [5.74, 6) is 1.53. The fourth-order valence-electron chi connectivity index (χ4n) is 1.83. The van der Waals surface area contributed by atoms with Gasteiger partial charge in [0.1, 0.15) is 11.5 Å². The highest BCUT2D eigenvalue weighted by molar-refractivity contribution is 6.33. The fourth-order valence-corrected chi connectivity index (χ4v) is 2.12. The van der Waals surface area contributed by atoms with Crippen molar-refractivity contribution < 1.29 is 9.21 Å². The van der Waals surface area contributed by atoms with Gasteiger partial charge in [0, 0.05) is 0 Å². The summed E-state index contributed by atoms with van der Waals surface area (Å²) in [6, 6.07) is 8.64. The largest absolute Gasteiger partial charge is 0.464 e. The van der Waals surface area contributed by atoms with Crippen LogP contribution in [0.5, 0.6) is 0 Å². The molecule has 0 saturated carbocycles. The van der Waals surface area contributed by atoms with Gasteiger partial charge in [-0.15, -0.1) is 0 Å². The molecule has 2 aromatic rings. The first-order chi connectivity index (χ1) is 9.45. The molecule has 20 heavy (non-hydrogen) atoms. The molecule has 1 heterocycles. The van der Waals surface area contributed by atoms with Crippen molar-refractivity contribution >= 4 is 23.3 Å². The molecule has 0 aliphatic carbocycles. The Labute approximate surface area is 123 Å². The number of nitrogens with one attached hydrogen (secondary N) is 2. The van der Waals surface area contributed by atoms with E-state index in [1.54, 1.807) is 12.1 Å². The summed E-state index contributed by atoms with van der Waals surface area (Å²) >= 11 is 6.07. The van der Waals surface area contributed by atoms with Gasteiger partial charge in [-0.05, 0) is 50.6 Å². The summed E-state index contributed by atoms with van der Waals surface area (Å²) in [6.45, 7) is 5.66. The van der Waals surface area contributed by atoms with E-state index in [2.05, 4.69) is 10.6 Å². The van der Waals surface area contributed by atoms with Crippen LogP contribution in [-0.2, 0) is 0 Å². The van der Waals surface area contributed by atoms with Crippen LogP contribution in [-0.4, -0.2) is 6.03 Å². The van der Waals surface area contributed by atoms with Gasteiger partial charge in [0.15, 0.2) is 0 Å². The Bertz CT molecular complexity index is 622. The summed E-state index contributed by atoms with van der Waals surface area (Å²) < 4.78 is 5.47. The molecular weight excluding hydrogens is 276 g/mol. The predicted octanol–water partition coefficient (Wildman–Crippen LogP) is 4.43. The Morgan fingerprint density at radius 1 is 1.25 bits per heavy atom. The third-order valence-electron chi connectivity index (χ3n) is 2.91. The lowest BCUT2D eigenvalue weighted by atomic mass is 10.2. The molecule has 0 bridgehead atoms. The van der Waals surface area contributed by atoms with Crippen molar-refractivity contribution in [3.8, 4) is 0 Å². The molecule has 2 rings (SSSR count). The summed E-state index contributed by atoms with van der Waals surface area (Å²) in [6.07, 6.45) is 0. The van der Waals surface area contributed by atoms with Crippen molar-refractivity contribution in [2.45, 2.75) is 26.8 Å². The second kappa shape index (κ2) is 6.01. The molecule has 5 heteroatoms. The summed E-state index contributed by atoms with van der Waals surface area (Å²) in [4.78, 5) is 11.9. The minimum absolute atomic E-state index is 0.215. The standard InChI is InChI=1S/C15H17ClN2O2/c1-9-4-6-13(12(16)8-9)18-15(19)17-11(3)14-7-5-10(2)20-14/h4-8,11H,1-3H3,(H2,17,18,19). The van der Waals surface area contributed by atoms with Crippen molar-refractivity contribution in [2.24, 2.45) is 0 Å². The number of rotatable bonds is 3. The van der Waals surface area contributed by atoms with Crippen LogP contribution in [0.4, 0.5) is 10.5 Å². The van der Waals surface area contributed by atoms with Crippen LogP contribution in [0.2, 0.25) is 5.02 Å². The van der Waals surface area contributed by atoms with Crippen LogP contribution in [0.15, 0.2) is 34.7 Å². The van der Waals surface area contributed by atoms with E-state index in [1.807, 2.05) is 39.0 Å². The number of aryl methyl sites for hydroxylation is 2. The van der Waals surface area contributed by atoms with Crippen LogP contribution in [0.3, 0.4) is 0 Å². The molecule has 0 aliphatic heterocycles. The number of furan rings is 1. The molecule has 1 atom stereocenters. The smallest absolute Gasteiger partial charge is 0.319 e. The monoisotopic (exact) mass is 292 g/mol. The number of carbonyl (C=O) groups excluding carboxylic acids is 1. The highest BCUT2D eigenvalue weighted by atomic mass is 35.5. The van der Waals surface area contributed by atoms with E-state index in [1.165, 1.54) is 0 Å². The quantitative estimate of drug-likeness (QED) is 0.879. The maximum absolute atomic E-state index is 11.9. The molecule has 0 spiro atoms. The van der Waals surface area contributed by atoms with Gasteiger partial charge in [0.05, 0.1) is 16.8 Å². The van der Waals surface area contributed by atoms with E-state index in [0.717, 1.165) is 11.3 Å². The zero-order valence-electron chi connectivity index (χ0n) is 11.7. The van der Waals surface area contributed by atoms with Crippen LogP contribution in [0.1, 0.15) is 30.0 Å². The second-order valence-electron chi connectivity index (χ2n) is 4.75. The lowest BCUT2D eigenvalue weighted by Gasteiger charge is -2.13. The minimum atomic E-state index is -0.322. The fraction of sp³-hybridized carbons (Fsp3) is 0.267. The van der Waals surface area contributed by atoms with E-state index < -0.39 is 0 Å². The Kier molecular flexibility index (Phi) is 4.35. The van der Waals surface area contributed by atoms with Crippen molar-refractivity contribution in [3.63, 3.8) is 0 Å². The molecule has 2 amide bonds. The second-order valence-corrected chi connectivity index (χ2v) is 5.16. The molecule has 0 saturated heterocycles. The number of benzene rings is 1. The van der Waals surface area contributed by atoms with Gasteiger partial charge in [0.2, 0.25) is 0 Å². The maximum Gasteiger partial charge on any atom is 0.319 e. The summed E-state index contributed by atoms with van der Waals surface area (Å²) in [5, 5.41) is 6.03. The van der Waals surface area contributed by atoms with Crippen molar-refractivity contribution in [3.05, 3.63) is 52.4 Å². The highest BCUT2D eigenvalue weighted by Gasteiger charge is 2.13. The first kappa shape index (κ1) is 14.5. The Hall–Kier alpha value is -1.94. The molecule has 1 aromatic carbocycles. The topological polar surface area (TPSA) is 54.3 Å². The van der Waals surface area contributed by atoms with E-state index in [9.17, 15) is 4.79 Å². The van der Waals surface area contributed by atoms with Gasteiger partial charge < -0.3 is 15.1 Å². The van der Waals surface area contributed by atoms with E-state index in [0.29, 0.717) is 16.5 Å². The van der Waals surface area contributed by atoms with Gasteiger partial charge in [-0.25, -0.2) is 4.79 Å². The van der Waals surface area contributed by atoms with E-state index in [4.69, 9.17) is 16.0 Å². The van der Waals surface area contributed by atoms with Crippen LogP contribution >= 0.6 is 11.6 Å². The summed E-state index contributed by atoms with van der Waals surface area (Å²) in [5.41, 5.74) is 1.62. The molecule has 1 aromatic heterocycles. The van der Waals surface area contributed by atoms with Crippen LogP contribution in [0, 0.1) is 13.8 Å². The van der Waals surface area contributed by atoms with Gasteiger partial charge in [-0.3, -0.25) is 0 Å². The highest BCUT2D eigenvalue weighted by Crippen LogP contribution is 2.23. The molecule has 0 fully saturated rings. The zero-order valence-corrected chi connectivity index (χ0v) is 12.4. The molecule has 0 aliphatic rings. The van der Waals surface area contributed by atoms with Gasteiger partial charge >= 0.3 is 6.03 Å². The van der Waals surface area contributed by atoms with Crippen molar-refractivity contribution in [1.82, 2.24) is 5.32 Å². The number of carbonyl (C=O) groups is 1. The number of anilines is 1. The van der Waals surface area contributed by atoms with Crippen molar-refractivity contribution in [2.75, 3.05) is 5.32 Å². The maximum atomic E-state index is 11.9. The third kappa shape index (κ3) is 3.54. The summed E-state index contributed by atoms with van der Waals surface area (Å²) in [7, 11) is 0. The Balaban J connectivity index is 1.98. The average molecular weight is 293 g/mol. The van der Waals surface area contributed by atoms with Crippen molar-refractivity contribution in [1.29, 1.82) is 0 Å². The zero-order chi connectivity index (χ0) is 14.7. The number of amides is 2. The van der Waals surface area contributed by atoms with E-state index >= 15 is 0 Å². The number of urea groups is 1. The van der Waals surface area contributed by atoms with Crippen LogP contribution in [0.25, 0.3) is 0 Å². The molecule has 1 unspecified atom stereocenters. The lowest BCUT2D eigenvalue weighted by molar-refractivity contribution is 0.247. The molecule has 2 N–H and O–H groups in total. The SMILES string of the molecule is Cc1ccc(NC(=O)NC(C)c2ccc(C)o2)c(Cl)c1. The number of halogens is 1. The normalized spacial score (nSPS) is 12.0. The molecular formula is C15H17ClN2O2. The first-order valence-electron chi connectivity index (χ1n) is 6.35.